The standard InChI is InChI=1S/C13H19N3O.2ClH/c1-10(12-6-2-3-8-15-12)16-13(17)11-5-4-7-14-9-11;;/h2-3,6,8,10-11,14H,4-5,7,9H2,1H3,(H,16,17);2*1H/t10?,11-;;/m1../s1. The summed E-state index contributed by atoms with van der Waals surface area (Å²) >= 11 is 0. The summed E-state index contributed by atoms with van der Waals surface area (Å²) in [7, 11) is 0. The maximum absolute atomic E-state index is 12.0. The van der Waals surface area contributed by atoms with Gasteiger partial charge in [0.05, 0.1) is 17.7 Å². The average Bonchev–Trinajstić information content (AvgIpc) is 2.40. The topological polar surface area (TPSA) is 54.0 Å². The van der Waals surface area contributed by atoms with Crippen LogP contribution in [-0.4, -0.2) is 24.0 Å². The normalized spacial score (nSPS) is 19.5. The molecule has 1 fully saturated rings. The van der Waals surface area contributed by atoms with Gasteiger partial charge in [0.1, 0.15) is 0 Å². The SMILES string of the molecule is CC(NC(=O)[C@@H]1CCCNC1)c1ccccn1.Cl.Cl. The van der Waals surface area contributed by atoms with Crippen LogP contribution in [0, 0.1) is 5.92 Å². The third-order valence-corrected chi connectivity index (χ3v) is 3.16. The molecule has 6 heteroatoms. The zero-order chi connectivity index (χ0) is 12.1. The van der Waals surface area contributed by atoms with Crippen LogP contribution in [0.4, 0.5) is 0 Å². The summed E-state index contributed by atoms with van der Waals surface area (Å²) < 4.78 is 0. The molecule has 2 rings (SSSR count). The van der Waals surface area contributed by atoms with Crippen molar-refractivity contribution in [3.8, 4) is 0 Å². The van der Waals surface area contributed by atoms with Gasteiger partial charge in [0.25, 0.3) is 0 Å². The van der Waals surface area contributed by atoms with E-state index in [-0.39, 0.29) is 42.7 Å². The number of halogens is 2. The molecular formula is C13H21Cl2N3O. The number of piperidine rings is 1. The van der Waals surface area contributed by atoms with Crippen LogP contribution in [0.1, 0.15) is 31.5 Å². The molecule has 0 radical (unpaired) electrons. The van der Waals surface area contributed by atoms with Gasteiger partial charge in [-0.05, 0) is 38.4 Å². The van der Waals surface area contributed by atoms with Gasteiger partial charge in [0, 0.05) is 12.7 Å². The van der Waals surface area contributed by atoms with E-state index in [1.165, 1.54) is 0 Å². The summed E-state index contributed by atoms with van der Waals surface area (Å²) in [5, 5.41) is 6.28. The van der Waals surface area contributed by atoms with Crippen molar-refractivity contribution in [1.29, 1.82) is 0 Å². The van der Waals surface area contributed by atoms with Crippen molar-refractivity contribution in [2.75, 3.05) is 13.1 Å². The lowest BCUT2D eigenvalue weighted by molar-refractivity contribution is -0.126. The van der Waals surface area contributed by atoms with E-state index in [1.807, 2.05) is 25.1 Å². The summed E-state index contributed by atoms with van der Waals surface area (Å²) in [4.78, 5) is 16.2. The number of pyridine rings is 1. The van der Waals surface area contributed by atoms with Crippen molar-refractivity contribution in [2.24, 2.45) is 5.92 Å². The monoisotopic (exact) mass is 305 g/mol. The molecule has 2 N–H and O–H groups in total. The third kappa shape index (κ3) is 5.35. The number of hydrogen-bond donors (Lipinski definition) is 2. The molecule has 0 aromatic carbocycles. The maximum Gasteiger partial charge on any atom is 0.224 e. The Bertz CT molecular complexity index is 369. The summed E-state index contributed by atoms with van der Waals surface area (Å²) in [5.41, 5.74) is 0.907. The van der Waals surface area contributed by atoms with Crippen LogP contribution < -0.4 is 10.6 Å². The summed E-state index contributed by atoms with van der Waals surface area (Å²) in [6.45, 7) is 3.79. The second-order valence-corrected chi connectivity index (χ2v) is 4.53. The molecule has 19 heavy (non-hydrogen) atoms. The van der Waals surface area contributed by atoms with Crippen molar-refractivity contribution in [2.45, 2.75) is 25.8 Å². The number of amides is 1. The fourth-order valence-electron chi connectivity index (χ4n) is 2.11. The van der Waals surface area contributed by atoms with Gasteiger partial charge in [-0.1, -0.05) is 6.07 Å². The predicted molar refractivity (Wildman–Crippen MR) is 80.9 cm³/mol. The smallest absolute Gasteiger partial charge is 0.224 e. The molecule has 0 spiro atoms. The Hall–Kier alpha value is -0.840. The number of aromatic nitrogens is 1. The van der Waals surface area contributed by atoms with E-state index in [0.717, 1.165) is 31.6 Å². The second kappa shape index (κ2) is 9.13. The molecule has 108 valence electrons. The molecule has 4 nitrogen and oxygen atoms in total. The zero-order valence-electron chi connectivity index (χ0n) is 11.0. The number of carbonyl (C=O) groups excluding carboxylic acids is 1. The van der Waals surface area contributed by atoms with Gasteiger partial charge < -0.3 is 10.6 Å². The van der Waals surface area contributed by atoms with Crippen LogP contribution >= 0.6 is 24.8 Å². The highest BCUT2D eigenvalue weighted by Crippen LogP contribution is 2.13. The summed E-state index contributed by atoms with van der Waals surface area (Å²) in [6.07, 6.45) is 3.81. The number of hydrogen-bond acceptors (Lipinski definition) is 3. The van der Waals surface area contributed by atoms with Crippen molar-refractivity contribution in [3.05, 3.63) is 30.1 Å². The highest BCUT2D eigenvalue weighted by Gasteiger charge is 2.22. The molecule has 0 saturated carbocycles. The van der Waals surface area contributed by atoms with Gasteiger partial charge in [-0.2, -0.15) is 0 Å². The Labute approximate surface area is 126 Å². The van der Waals surface area contributed by atoms with Crippen molar-refractivity contribution >= 4 is 30.7 Å². The minimum Gasteiger partial charge on any atom is -0.348 e. The summed E-state index contributed by atoms with van der Waals surface area (Å²) in [6, 6.07) is 5.73. The molecule has 1 aromatic rings. The van der Waals surface area contributed by atoms with Gasteiger partial charge in [-0.3, -0.25) is 9.78 Å². The molecule has 0 aliphatic carbocycles. The van der Waals surface area contributed by atoms with Crippen molar-refractivity contribution in [1.82, 2.24) is 15.6 Å². The van der Waals surface area contributed by atoms with Gasteiger partial charge >= 0.3 is 0 Å². The van der Waals surface area contributed by atoms with E-state index in [9.17, 15) is 4.79 Å². The maximum atomic E-state index is 12.0. The largest absolute Gasteiger partial charge is 0.348 e. The summed E-state index contributed by atoms with van der Waals surface area (Å²) in [5.74, 6) is 0.241. The van der Waals surface area contributed by atoms with Crippen LogP contribution in [0.25, 0.3) is 0 Å². The molecule has 1 saturated heterocycles. The van der Waals surface area contributed by atoms with E-state index in [0.29, 0.717) is 0 Å². The first-order valence-electron chi connectivity index (χ1n) is 6.19. The Morgan fingerprint density at radius 1 is 1.47 bits per heavy atom. The van der Waals surface area contributed by atoms with Crippen LogP contribution in [0.5, 0.6) is 0 Å². The fourth-order valence-corrected chi connectivity index (χ4v) is 2.11. The fraction of sp³-hybridized carbons (Fsp3) is 0.538. The molecule has 1 aliphatic rings. The Morgan fingerprint density at radius 3 is 2.84 bits per heavy atom. The number of nitrogens with zero attached hydrogens (tertiary/aromatic N) is 1. The van der Waals surface area contributed by atoms with E-state index in [1.54, 1.807) is 6.20 Å². The minimum absolute atomic E-state index is 0. The zero-order valence-corrected chi connectivity index (χ0v) is 12.6. The lowest BCUT2D eigenvalue weighted by atomic mass is 9.98. The van der Waals surface area contributed by atoms with Crippen LogP contribution in [0.2, 0.25) is 0 Å². The Kier molecular flexibility index (Phi) is 8.72. The van der Waals surface area contributed by atoms with Gasteiger partial charge in [-0.15, -0.1) is 24.8 Å². The molecule has 1 aromatic heterocycles. The van der Waals surface area contributed by atoms with Crippen LogP contribution in [-0.2, 0) is 4.79 Å². The van der Waals surface area contributed by atoms with Crippen molar-refractivity contribution in [3.63, 3.8) is 0 Å². The van der Waals surface area contributed by atoms with Crippen molar-refractivity contribution < 1.29 is 4.79 Å². The number of nitrogens with one attached hydrogen (secondary N) is 2. The van der Waals surface area contributed by atoms with Crippen LogP contribution in [0.3, 0.4) is 0 Å². The predicted octanol–water partition coefficient (Wildman–Crippen LogP) is 2.10. The average molecular weight is 306 g/mol. The molecule has 1 amide bonds. The lowest BCUT2D eigenvalue weighted by Crippen LogP contribution is -2.41. The van der Waals surface area contributed by atoms with Gasteiger partial charge in [0.2, 0.25) is 5.91 Å². The quantitative estimate of drug-likeness (QED) is 0.899. The number of rotatable bonds is 3. The second-order valence-electron chi connectivity index (χ2n) is 4.53. The van der Waals surface area contributed by atoms with E-state index < -0.39 is 0 Å². The van der Waals surface area contributed by atoms with E-state index in [4.69, 9.17) is 0 Å². The molecular weight excluding hydrogens is 285 g/mol. The van der Waals surface area contributed by atoms with E-state index >= 15 is 0 Å². The van der Waals surface area contributed by atoms with Crippen LogP contribution in [0.15, 0.2) is 24.4 Å². The third-order valence-electron chi connectivity index (χ3n) is 3.16. The van der Waals surface area contributed by atoms with Gasteiger partial charge in [-0.25, -0.2) is 0 Å². The first-order valence-corrected chi connectivity index (χ1v) is 6.19. The minimum atomic E-state index is -0.0226. The van der Waals surface area contributed by atoms with E-state index in [2.05, 4.69) is 15.6 Å². The Morgan fingerprint density at radius 2 is 2.26 bits per heavy atom. The molecule has 2 heterocycles. The number of carbonyl (C=O) groups is 1. The Balaban J connectivity index is 0.00000162. The molecule has 1 aliphatic heterocycles. The first-order chi connectivity index (χ1) is 8.27. The van der Waals surface area contributed by atoms with Gasteiger partial charge in [0.15, 0.2) is 0 Å². The molecule has 1 unspecified atom stereocenters. The molecule has 2 atom stereocenters. The molecule has 0 bridgehead atoms. The highest BCUT2D eigenvalue weighted by molar-refractivity contribution is 5.85. The highest BCUT2D eigenvalue weighted by atomic mass is 35.5. The first kappa shape index (κ1) is 18.2. The lowest BCUT2D eigenvalue weighted by Gasteiger charge is -2.23.